The van der Waals surface area contributed by atoms with Crippen LogP contribution in [0, 0.1) is 17.0 Å². The van der Waals surface area contributed by atoms with Crippen LogP contribution >= 0.6 is 23.2 Å². The van der Waals surface area contributed by atoms with Crippen molar-refractivity contribution in [1.82, 2.24) is 0 Å². The number of nitro groups is 1. The lowest BCUT2D eigenvalue weighted by atomic mass is 10.2. The van der Waals surface area contributed by atoms with E-state index in [1.165, 1.54) is 6.07 Å². The number of halogens is 2. The summed E-state index contributed by atoms with van der Waals surface area (Å²) >= 11 is 11.8. The van der Waals surface area contributed by atoms with Gasteiger partial charge in [0, 0.05) is 28.4 Å². The maximum absolute atomic E-state index is 10.9. The molecule has 0 bridgehead atoms. The average Bonchev–Trinajstić information content (AvgIpc) is 2.39. The van der Waals surface area contributed by atoms with Crippen LogP contribution in [0.4, 0.5) is 11.4 Å². The monoisotopic (exact) mass is 308 g/mol. The molecular weight excluding hydrogens is 299 g/mol. The molecule has 2 aromatic rings. The summed E-state index contributed by atoms with van der Waals surface area (Å²) in [7, 11) is 0. The SMILES string of the molecule is Cc1ccc(N=Cc2ccc(Cl)cc2Cl)cc1[N+](=O)[O-]. The van der Waals surface area contributed by atoms with E-state index in [4.69, 9.17) is 23.2 Å². The minimum Gasteiger partial charge on any atom is -0.258 e. The van der Waals surface area contributed by atoms with Gasteiger partial charge in [0.2, 0.25) is 0 Å². The summed E-state index contributed by atoms with van der Waals surface area (Å²) < 4.78 is 0. The molecule has 0 spiro atoms. The van der Waals surface area contributed by atoms with Crippen molar-refractivity contribution in [1.29, 1.82) is 0 Å². The molecule has 0 saturated carbocycles. The molecule has 0 amide bonds. The summed E-state index contributed by atoms with van der Waals surface area (Å²) in [5.41, 5.74) is 1.83. The molecule has 0 heterocycles. The fraction of sp³-hybridized carbons (Fsp3) is 0.0714. The van der Waals surface area contributed by atoms with Gasteiger partial charge in [-0.15, -0.1) is 0 Å². The van der Waals surface area contributed by atoms with Gasteiger partial charge in [0.1, 0.15) is 0 Å². The van der Waals surface area contributed by atoms with Gasteiger partial charge in [-0.1, -0.05) is 35.3 Å². The summed E-state index contributed by atoms with van der Waals surface area (Å²) in [5, 5.41) is 11.9. The molecule has 0 unspecified atom stereocenters. The van der Waals surface area contributed by atoms with E-state index >= 15 is 0 Å². The highest BCUT2D eigenvalue weighted by molar-refractivity contribution is 6.36. The maximum atomic E-state index is 10.9. The molecule has 0 fully saturated rings. The molecule has 0 aliphatic rings. The Balaban J connectivity index is 2.32. The van der Waals surface area contributed by atoms with E-state index in [1.54, 1.807) is 43.5 Å². The third-order valence-corrected chi connectivity index (χ3v) is 3.27. The number of nitrogens with zero attached hydrogens (tertiary/aromatic N) is 2. The fourth-order valence-electron chi connectivity index (χ4n) is 1.63. The Morgan fingerprint density at radius 3 is 2.60 bits per heavy atom. The number of aryl methyl sites for hydroxylation is 1. The fourth-order valence-corrected chi connectivity index (χ4v) is 2.08. The first-order valence-corrected chi connectivity index (χ1v) is 6.47. The quantitative estimate of drug-likeness (QED) is 0.457. The zero-order valence-corrected chi connectivity index (χ0v) is 12.0. The Bertz CT molecular complexity index is 700. The van der Waals surface area contributed by atoms with Crippen molar-refractivity contribution >= 4 is 40.8 Å². The topological polar surface area (TPSA) is 55.5 Å². The highest BCUT2D eigenvalue weighted by atomic mass is 35.5. The van der Waals surface area contributed by atoms with Crippen molar-refractivity contribution in [3.8, 4) is 0 Å². The second-order valence-electron chi connectivity index (χ2n) is 4.15. The van der Waals surface area contributed by atoms with Crippen LogP contribution in [0.5, 0.6) is 0 Å². The molecule has 102 valence electrons. The predicted molar refractivity (Wildman–Crippen MR) is 81.5 cm³/mol. The Morgan fingerprint density at radius 1 is 1.20 bits per heavy atom. The minimum absolute atomic E-state index is 0.0434. The number of benzene rings is 2. The van der Waals surface area contributed by atoms with Crippen molar-refractivity contribution in [2.24, 2.45) is 4.99 Å². The summed E-state index contributed by atoms with van der Waals surface area (Å²) in [6.07, 6.45) is 1.55. The van der Waals surface area contributed by atoms with Crippen molar-refractivity contribution in [2.75, 3.05) is 0 Å². The normalized spacial score (nSPS) is 10.9. The number of rotatable bonds is 3. The van der Waals surface area contributed by atoms with Gasteiger partial charge < -0.3 is 0 Å². The van der Waals surface area contributed by atoms with Gasteiger partial charge in [-0.25, -0.2) is 0 Å². The van der Waals surface area contributed by atoms with Gasteiger partial charge in [0.25, 0.3) is 5.69 Å². The molecule has 0 aliphatic heterocycles. The third kappa shape index (κ3) is 3.35. The van der Waals surface area contributed by atoms with E-state index in [0.717, 1.165) is 0 Å². The van der Waals surface area contributed by atoms with Crippen molar-refractivity contribution in [3.63, 3.8) is 0 Å². The number of aliphatic imine (C=N–C) groups is 1. The van der Waals surface area contributed by atoms with Gasteiger partial charge >= 0.3 is 0 Å². The molecule has 2 aromatic carbocycles. The highest BCUT2D eigenvalue weighted by Crippen LogP contribution is 2.25. The third-order valence-electron chi connectivity index (χ3n) is 2.70. The molecular formula is C14H10Cl2N2O2. The molecule has 0 saturated heterocycles. The van der Waals surface area contributed by atoms with Crippen LogP contribution in [0.2, 0.25) is 10.0 Å². The van der Waals surface area contributed by atoms with Gasteiger partial charge in [0.05, 0.1) is 15.6 Å². The largest absolute Gasteiger partial charge is 0.274 e. The van der Waals surface area contributed by atoms with Gasteiger partial charge in [-0.3, -0.25) is 15.1 Å². The van der Waals surface area contributed by atoms with Crippen LogP contribution in [0.3, 0.4) is 0 Å². The van der Waals surface area contributed by atoms with E-state index in [9.17, 15) is 10.1 Å². The second-order valence-corrected chi connectivity index (χ2v) is 5.00. The molecule has 0 N–H and O–H groups in total. The Kier molecular flexibility index (Phi) is 4.37. The molecule has 4 nitrogen and oxygen atoms in total. The van der Waals surface area contributed by atoms with Crippen LogP contribution in [-0.2, 0) is 0 Å². The first kappa shape index (κ1) is 14.5. The van der Waals surface area contributed by atoms with E-state index in [1.807, 2.05) is 0 Å². The molecule has 0 aliphatic carbocycles. The van der Waals surface area contributed by atoms with Crippen LogP contribution in [0.15, 0.2) is 41.4 Å². The Morgan fingerprint density at radius 2 is 1.95 bits per heavy atom. The minimum atomic E-state index is -0.427. The van der Waals surface area contributed by atoms with Gasteiger partial charge in [0.15, 0.2) is 0 Å². The van der Waals surface area contributed by atoms with Crippen molar-refractivity contribution in [2.45, 2.75) is 6.92 Å². The maximum Gasteiger partial charge on any atom is 0.274 e. The standard InChI is InChI=1S/C14H10Cl2N2O2/c1-9-2-5-12(7-14(9)18(19)20)17-8-10-3-4-11(15)6-13(10)16/h2-8H,1H3. The van der Waals surface area contributed by atoms with E-state index in [2.05, 4.69) is 4.99 Å². The molecule has 6 heteroatoms. The first-order chi connectivity index (χ1) is 9.47. The number of hydrogen-bond acceptors (Lipinski definition) is 3. The molecule has 0 radical (unpaired) electrons. The zero-order valence-electron chi connectivity index (χ0n) is 10.5. The second kappa shape index (κ2) is 6.03. The lowest BCUT2D eigenvalue weighted by molar-refractivity contribution is -0.385. The van der Waals surface area contributed by atoms with Crippen LogP contribution in [0.1, 0.15) is 11.1 Å². The van der Waals surface area contributed by atoms with Gasteiger partial charge in [-0.2, -0.15) is 0 Å². The van der Waals surface area contributed by atoms with Crippen molar-refractivity contribution in [3.05, 3.63) is 67.7 Å². The van der Waals surface area contributed by atoms with Gasteiger partial charge in [-0.05, 0) is 25.1 Å². The molecule has 20 heavy (non-hydrogen) atoms. The summed E-state index contributed by atoms with van der Waals surface area (Å²) in [5.74, 6) is 0. The van der Waals surface area contributed by atoms with Crippen LogP contribution in [-0.4, -0.2) is 11.1 Å². The smallest absolute Gasteiger partial charge is 0.258 e. The average molecular weight is 309 g/mol. The zero-order chi connectivity index (χ0) is 14.7. The summed E-state index contributed by atoms with van der Waals surface area (Å²) in [6, 6.07) is 9.85. The molecule has 0 aromatic heterocycles. The Hall–Kier alpha value is -1.91. The molecule has 2 rings (SSSR count). The number of hydrogen-bond donors (Lipinski definition) is 0. The Labute approximate surface area is 125 Å². The summed E-state index contributed by atoms with van der Waals surface area (Å²) in [6.45, 7) is 1.68. The first-order valence-electron chi connectivity index (χ1n) is 5.71. The van der Waals surface area contributed by atoms with Crippen LogP contribution in [0.25, 0.3) is 0 Å². The predicted octanol–water partition coefficient (Wildman–Crippen LogP) is 4.96. The van der Waals surface area contributed by atoms with Crippen molar-refractivity contribution < 1.29 is 4.92 Å². The molecule has 0 atom stereocenters. The summed E-state index contributed by atoms with van der Waals surface area (Å²) in [4.78, 5) is 14.6. The van der Waals surface area contributed by atoms with E-state index in [-0.39, 0.29) is 5.69 Å². The number of nitro benzene ring substituents is 1. The van der Waals surface area contributed by atoms with E-state index in [0.29, 0.717) is 26.9 Å². The van der Waals surface area contributed by atoms with Crippen LogP contribution < -0.4 is 0 Å². The highest BCUT2D eigenvalue weighted by Gasteiger charge is 2.10. The lowest BCUT2D eigenvalue weighted by Crippen LogP contribution is -1.90. The lowest BCUT2D eigenvalue weighted by Gasteiger charge is -2.00. The van der Waals surface area contributed by atoms with E-state index < -0.39 is 4.92 Å².